The lowest BCUT2D eigenvalue weighted by Crippen LogP contribution is -2.38. The lowest BCUT2D eigenvalue weighted by atomic mass is 9.80. The Bertz CT molecular complexity index is 684. The molecule has 1 heterocycles. The second kappa shape index (κ2) is 6.04. The van der Waals surface area contributed by atoms with Crippen molar-refractivity contribution in [1.29, 1.82) is 0 Å². The van der Waals surface area contributed by atoms with Crippen LogP contribution in [-0.4, -0.2) is 17.9 Å². The van der Waals surface area contributed by atoms with Crippen molar-refractivity contribution in [3.63, 3.8) is 0 Å². The molecule has 3 nitrogen and oxygen atoms in total. The van der Waals surface area contributed by atoms with Crippen LogP contribution in [0.25, 0.3) is 11.1 Å². The molecule has 1 amide bonds. The summed E-state index contributed by atoms with van der Waals surface area (Å²) in [5.74, 6) is -0.0973. The van der Waals surface area contributed by atoms with Crippen LogP contribution in [0.3, 0.4) is 0 Å². The number of nitrogens with one attached hydrogen (secondary N) is 1. The Hall–Kier alpha value is -1.58. The Morgan fingerprint density at radius 1 is 1.19 bits per heavy atom. The van der Waals surface area contributed by atoms with Gasteiger partial charge in [-0.05, 0) is 37.1 Å². The first-order chi connectivity index (χ1) is 9.87. The van der Waals surface area contributed by atoms with Crippen molar-refractivity contribution in [3.05, 3.63) is 52.3 Å². The second-order valence-corrected chi connectivity index (χ2v) is 6.03. The molecule has 21 heavy (non-hydrogen) atoms. The van der Waals surface area contributed by atoms with Gasteiger partial charge in [-0.15, -0.1) is 0 Å². The molecule has 1 aromatic heterocycles. The molecule has 1 aromatic carbocycles. The van der Waals surface area contributed by atoms with Crippen molar-refractivity contribution in [2.45, 2.75) is 19.3 Å². The van der Waals surface area contributed by atoms with Crippen molar-refractivity contribution in [2.75, 3.05) is 7.05 Å². The molecule has 0 aliphatic carbocycles. The molecule has 0 saturated carbocycles. The molecule has 0 fully saturated rings. The van der Waals surface area contributed by atoms with Gasteiger partial charge in [-0.3, -0.25) is 4.79 Å². The highest BCUT2D eigenvalue weighted by Crippen LogP contribution is 2.37. The molecule has 0 spiro atoms. The molecule has 2 aromatic rings. The van der Waals surface area contributed by atoms with Gasteiger partial charge in [0.15, 0.2) is 0 Å². The van der Waals surface area contributed by atoms with E-state index in [0.29, 0.717) is 10.2 Å². The SMILES string of the molecule is CNC(=O)C(C)(C)c1cnc(Cl)cc1-c1ccccc1Cl. The number of hydrogen-bond acceptors (Lipinski definition) is 2. The van der Waals surface area contributed by atoms with Crippen LogP contribution in [0.15, 0.2) is 36.5 Å². The molecule has 0 aliphatic heterocycles. The summed E-state index contributed by atoms with van der Waals surface area (Å²) >= 11 is 12.3. The number of rotatable bonds is 3. The third-order valence-electron chi connectivity index (χ3n) is 3.50. The maximum absolute atomic E-state index is 12.2. The molecular formula is C16H16Cl2N2O. The monoisotopic (exact) mass is 322 g/mol. The molecule has 1 N–H and O–H groups in total. The Labute approximate surface area is 134 Å². The van der Waals surface area contributed by atoms with Crippen molar-refractivity contribution in [3.8, 4) is 11.1 Å². The smallest absolute Gasteiger partial charge is 0.229 e. The van der Waals surface area contributed by atoms with E-state index in [0.717, 1.165) is 16.7 Å². The first-order valence-corrected chi connectivity index (χ1v) is 7.26. The molecule has 2 rings (SSSR count). The standard InChI is InChI=1S/C16H16Cl2N2O/c1-16(2,15(21)19-3)12-9-20-14(18)8-11(12)10-6-4-5-7-13(10)17/h4-9H,1-3H3,(H,19,21). The predicted octanol–water partition coefficient (Wildman–Crippen LogP) is 4.08. The number of aromatic nitrogens is 1. The molecule has 0 aliphatic rings. The summed E-state index contributed by atoms with van der Waals surface area (Å²) in [7, 11) is 1.61. The molecular weight excluding hydrogens is 307 g/mol. The van der Waals surface area contributed by atoms with Crippen LogP contribution >= 0.6 is 23.2 Å². The summed E-state index contributed by atoms with van der Waals surface area (Å²) in [6.45, 7) is 3.69. The number of amides is 1. The Morgan fingerprint density at radius 3 is 2.48 bits per heavy atom. The summed E-state index contributed by atoms with van der Waals surface area (Å²) in [5, 5.41) is 3.65. The molecule has 0 bridgehead atoms. The fraction of sp³-hybridized carbons (Fsp3) is 0.250. The van der Waals surface area contributed by atoms with Crippen molar-refractivity contribution >= 4 is 29.1 Å². The van der Waals surface area contributed by atoms with Gasteiger partial charge in [0.2, 0.25) is 5.91 Å². The molecule has 5 heteroatoms. The van der Waals surface area contributed by atoms with Crippen LogP contribution in [0.4, 0.5) is 0 Å². The van der Waals surface area contributed by atoms with E-state index in [1.54, 1.807) is 19.3 Å². The van der Waals surface area contributed by atoms with E-state index in [2.05, 4.69) is 10.3 Å². The fourth-order valence-corrected chi connectivity index (χ4v) is 2.66. The molecule has 0 atom stereocenters. The lowest BCUT2D eigenvalue weighted by molar-refractivity contribution is -0.125. The van der Waals surface area contributed by atoms with Gasteiger partial charge in [0.1, 0.15) is 5.15 Å². The zero-order valence-electron chi connectivity index (χ0n) is 12.1. The van der Waals surface area contributed by atoms with Gasteiger partial charge in [-0.1, -0.05) is 41.4 Å². The van der Waals surface area contributed by atoms with Crippen LogP contribution in [0.2, 0.25) is 10.2 Å². The molecule has 0 unspecified atom stereocenters. The van der Waals surface area contributed by atoms with E-state index < -0.39 is 5.41 Å². The maximum Gasteiger partial charge on any atom is 0.229 e. The Morgan fingerprint density at radius 2 is 1.86 bits per heavy atom. The van der Waals surface area contributed by atoms with Crippen LogP contribution in [-0.2, 0) is 10.2 Å². The summed E-state index contributed by atoms with van der Waals surface area (Å²) in [4.78, 5) is 16.3. The van der Waals surface area contributed by atoms with Gasteiger partial charge in [-0.2, -0.15) is 0 Å². The Balaban J connectivity index is 2.70. The topological polar surface area (TPSA) is 42.0 Å². The molecule has 0 radical (unpaired) electrons. The third-order valence-corrected chi connectivity index (χ3v) is 4.04. The van der Waals surface area contributed by atoms with E-state index in [4.69, 9.17) is 23.2 Å². The number of nitrogens with zero attached hydrogens (tertiary/aromatic N) is 1. The average Bonchev–Trinajstić information content (AvgIpc) is 2.46. The highest BCUT2D eigenvalue weighted by molar-refractivity contribution is 6.33. The number of halogens is 2. The Kier molecular flexibility index (Phi) is 4.55. The number of likely N-dealkylation sites (N-methyl/N-ethyl adjacent to an activating group) is 1. The zero-order valence-corrected chi connectivity index (χ0v) is 13.6. The van der Waals surface area contributed by atoms with E-state index in [1.165, 1.54) is 0 Å². The largest absolute Gasteiger partial charge is 0.358 e. The lowest BCUT2D eigenvalue weighted by Gasteiger charge is -2.26. The van der Waals surface area contributed by atoms with Gasteiger partial charge < -0.3 is 5.32 Å². The van der Waals surface area contributed by atoms with E-state index in [1.807, 2.05) is 38.1 Å². The fourth-order valence-electron chi connectivity index (χ4n) is 2.27. The van der Waals surface area contributed by atoms with Gasteiger partial charge in [0, 0.05) is 23.8 Å². The minimum absolute atomic E-state index is 0.0973. The summed E-state index contributed by atoms with van der Waals surface area (Å²) in [6, 6.07) is 9.20. The van der Waals surface area contributed by atoms with Gasteiger partial charge in [0.05, 0.1) is 5.41 Å². The van der Waals surface area contributed by atoms with E-state index in [9.17, 15) is 4.79 Å². The summed E-state index contributed by atoms with van der Waals surface area (Å²) in [6.07, 6.45) is 1.64. The number of carbonyl (C=O) groups excluding carboxylic acids is 1. The van der Waals surface area contributed by atoms with Crippen LogP contribution in [0, 0.1) is 0 Å². The number of pyridine rings is 1. The third kappa shape index (κ3) is 3.04. The number of benzene rings is 1. The average molecular weight is 323 g/mol. The van der Waals surface area contributed by atoms with E-state index in [-0.39, 0.29) is 5.91 Å². The predicted molar refractivity (Wildman–Crippen MR) is 86.8 cm³/mol. The van der Waals surface area contributed by atoms with Gasteiger partial charge in [-0.25, -0.2) is 4.98 Å². The molecule has 0 saturated heterocycles. The maximum atomic E-state index is 12.2. The number of hydrogen-bond donors (Lipinski definition) is 1. The zero-order chi connectivity index (χ0) is 15.6. The van der Waals surface area contributed by atoms with Crippen molar-refractivity contribution in [1.82, 2.24) is 10.3 Å². The van der Waals surface area contributed by atoms with E-state index >= 15 is 0 Å². The first kappa shape index (κ1) is 15.8. The quantitative estimate of drug-likeness (QED) is 0.865. The van der Waals surface area contributed by atoms with Crippen molar-refractivity contribution < 1.29 is 4.79 Å². The molecule has 110 valence electrons. The summed E-state index contributed by atoms with van der Waals surface area (Å²) < 4.78 is 0. The summed E-state index contributed by atoms with van der Waals surface area (Å²) in [5.41, 5.74) is 1.67. The first-order valence-electron chi connectivity index (χ1n) is 6.51. The van der Waals surface area contributed by atoms with Gasteiger partial charge in [0.25, 0.3) is 0 Å². The van der Waals surface area contributed by atoms with Crippen LogP contribution in [0.5, 0.6) is 0 Å². The minimum Gasteiger partial charge on any atom is -0.358 e. The number of carbonyl (C=O) groups is 1. The van der Waals surface area contributed by atoms with Crippen molar-refractivity contribution in [2.24, 2.45) is 0 Å². The highest BCUT2D eigenvalue weighted by atomic mass is 35.5. The second-order valence-electron chi connectivity index (χ2n) is 5.24. The highest BCUT2D eigenvalue weighted by Gasteiger charge is 2.32. The van der Waals surface area contributed by atoms with Gasteiger partial charge >= 0.3 is 0 Å². The minimum atomic E-state index is -0.749. The normalized spacial score (nSPS) is 11.3. The van der Waals surface area contributed by atoms with Crippen LogP contribution < -0.4 is 5.32 Å². The van der Waals surface area contributed by atoms with Crippen LogP contribution in [0.1, 0.15) is 19.4 Å².